The highest BCUT2D eigenvalue weighted by molar-refractivity contribution is 6.00. The summed E-state index contributed by atoms with van der Waals surface area (Å²) in [7, 11) is 3.33. The van der Waals surface area contributed by atoms with Gasteiger partial charge in [0.2, 0.25) is 29.7 Å². The zero-order valence-corrected chi connectivity index (χ0v) is 70.3. The van der Waals surface area contributed by atoms with Crippen molar-refractivity contribution in [3.63, 3.8) is 0 Å². The van der Waals surface area contributed by atoms with Crippen molar-refractivity contribution in [2.75, 3.05) is 40.8 Å². The monoisotopic (exact) mass is 1730 g/mol. The van der Waals surface area contributed by atoms with E-state index >= 15 is 0 Å². The van der Waals surface area contributed by atoms with Crippen molar-refractivity contribution >= 4 is 149 Å². The summed E-state index contributed by atoms with van der Waals surface area (Å²) in [5.74, 6) is 7.50. The van der Waals surface area contributed by atoms with Crippen LogP contribution in [0.25, 0.3) is 111 Å². The lowest BCUT2D eigenvalue weighted by Gasteiger charge is -2.23. The van der Waals surface area contributed by atoms with Crippen LogP contribution in [0.3, 0.4) is 0 Å². The molecule has 25 rings (SSSR count). The van der Waals surface area contributed by atoms with Gasteiger partial charge in [-0.3, -0.25) is 59.3 Å². The number of ether oxygens (including phenoxy) is 2. The third kappa shape index (κ3) is 14.4. The number of amidine groups is 2. The first-order valence-corrected chi connectivity index (χ1v) is 41.4. The Morgan fingerprint density at radius 2 is 0.723 bits per heavy atom. The van der Waals surface area contributed by atoms with Gasteiger partial charge in [0, 0.05) is 95.6 Å². The quantitative estimate of drug-likeness (QED) is 0.0247. The van der Waals surface area contributed by atoms with E-state index in [0.717, 1.165) is 178 Å². The summed E-state index contributed by atoms with van der Waals surface area (Å²) in [6, 6.07) is 74.0. The molecule has 5 aliphatic rings. The summed E-state index contributed by atoms with van der Waals surface area (Å²) in [5.41, 5.74) is 41.4. The van der Waals surface area contributed by atoms with Crippen molar-refractivity contribution < 1.29 is 23.8 Å². The van der Waals surface area contributed by atoms with Crippen LogP contribution in [0.1, 0.15) is 78.1 Å². The summed E-state index contributed by atoms with van der Waals surface area (Å²) >= 11 is 0. The number of hydrogen-bond donors (Lipinski definition) is 14. The van der Waals surface area contributed by atoms with E-state index in [1.807, 2.05) is 224 Å². The third-order valence-corrected chi connectivity index (χ3v) is 23.0. The maximum atomic E-state index is 13.7. The lowest BCUT2D eigenvalue weighted by atomic mass is 10.0. The van der Waals surface area contributed by atoms with Crippen LogP contribution in [-0.2, 0) is 0 Å². The molecule has 0 aliphatic carbocycles. The van der Waals surface area contributed by atoms with Gasteiger partial charge in [-0.25, -0.2) is 54.3 Å². The highest BCUT2D eigenvalue weighted by Crippen LogP contribution is 2.44. The van der Waals surface area contributed by atoms with Crippen LogP contribution in [0.15, 0.2) is 286 Å². The maximum absolute atomic E-state index is 13.7. The van der Waals surface area contributed by atoms with Crippen LogP contribution in [0, 0.1) is 12.7 Å². The van der Waals surface area contributed by atoms with Gasteiger partial charge in [0.25, 0.3) is 5.69 Å². The van der Waals surface area contributed by atoms with Gasteiger partial charge < -0.3 is 47.3 Å². The van der Waals surface area contributed by atoms with E-state index in [9.17, 15) is 9.60 Å². The fourth-order valence-electron chi connectivity index (χ4n) is 17.2. The molecular weight excluding hydrogens is 1640 g/mol. The van der Waals surface area contributed by atoms with Gasteiger partial charge >= 0.3 is 0 Å². The minimum atomic E-state index is -0.439. The molecule has 5 aliphatic heterocycles. The Bertz CT molecular complexity index is 7980. The number of H-pyrrole nitrogens is 5. The number of nitrogens with one attached hydrogen (secondary N) is 10. The molecule has 0 fully saturated rings. The van der Waals surface area contributed by atoms with Crippen molar-refractivity contribution in [1.29, 1.82) is 0 Å². The second-order valence-electron chi connectivity index (χ2n) is 31.2. The number of hydrogen-bond acceptors (Lipinski definition) is 24. The van der Waals surface area contributed by atoms with E-state index in [1.165, 1.54) is 11.6 Å². The summed E-state index contributed by atoms with van der Waals surface area (Å²) in [5, 5.41) is 49.2. The third-order valence-electron chi connectivity index (χ3n) is 23.0. The summed E-state index contributed by atoms with van der Waals surface area (Å²) in [6.45, 7) is 9.46. The standard InChI is InChI=1S/C19H17N8O.C19H17N7O.C19H17N7.C19H17N5O.C18H14FN5/c1-26(28)12-6-4-5-11(9-12)16-13(10-21-25-16)17-23-18(20)24-19-22-14-7-2-3-8-15(14)27(17)19;1-27-12-8-6-11(7-9-12)16-13(10-21-25-16)17-23-18(20)24-19-22-14-4-2-3-5-15(14)26(17)19;1-11-5-4-6-12(9-11)16-13(10-21-25-16)17-23-18(20)24-19-22-14-7-2-3-8-15(14)26(17)19;1-11-21-18(14-10-20-15-8-7-12(25-2)9-13(14)15)24-17-6-4-3-5-16(17)23-19(24)22-11;1-10-21-17(13-9-20-14-7-6-11(19)8-12(13)14)24-16-5-3-2-4-15(16)23-18(24)22-10/h2-10,17,28H,1H2,(H,21,25)(H3,20,22,23,24);2-10,17H,1H3,(H,21,25)(H3,20,22,23,24);2-10,17H,1H3,(H,21,25)(H3,20,22,23,24);3-10,18,20H,1-2H3,(H,21,22,23);2-9,17,20H,1H3,(H,21,22,23)/q+1;;;;. The molecule has 35 nitrogen and oxygen atoms in total. The van der Waals surface area contributed by atoms with Gasteiger partial charge in [0.15, 0.2) is 55.4 Å². The summed E-state index contributed by atoms with van der Waals surface area (Å²) in [4.78, 5) is 53.3. The van der Waals surface area contributed by atoms with Crippen molar-refractivity contribution in [1.82, 2.24) is 88.3 Å². The zero-order chi connectivity index (χ0) is 88.5. The molecule has 0 spiro atoms. The summed E-state index contributed by atoms with van der Waals surface area (Å²) in [6.07, 6.45) is 7.63. The number of nitrogens with two attached hydrogens (primary N) is 3. The smallest absolute Gasteiger partial charge is 0.257 e. The molecule has 0 bridgehead atoms. The Kier molecular flexibility index (Phi) is 19.9. The molecule has 17 N–H and O–H groups in total. The predicted octanol–water partition coefficient (Wildman–Crippen LogP) is 16.2. The predicted molar refractivity (Wildman–Crippen MR) is 504 cm³/mol. The van der Waals surface area contributed by atoms with Gasteiger partial charge in [0.1, 0.15) is 29.0 Å². The number of guanidine groups is 3. The minimum Gasteiger partial charge on any atom is -0.497 e. The zero-order valence-electron chi connectivity index (χ0n) is 70.3. The molecule has 0 amide bonds. The molecular formula is C94H82FN32O3+. The molecule has 0 saturated heterocycles. The Morgan fingerprint density at radius 3 is 1.12 bits per heavy atom. The SMILES string of the molecule is C=[N+](O)c1cccc(-c2[nH]ncc2C2N=C(N)Nc3nc4ccccc4n32)c1.CC1=NC(c2c[nH]c3ccc(F)cc23)n2c(nc3ccccc32)N1.COc1ccc(-c2[nH]ncc2C2N=C(N)Nc3nc4ccccc4n32)cc1.COc1ccc2[nH]cc(C3N=C(C)Nc4nc5ccccc5n43)c2c1.Cc1cccc(-c2[nH]ncc2C2N=C(N)Nc3nc4ccccc4n32)c1. The number of anilines is 5. The van der Waals surface area contributed by atoms with E-state index in [1.54, 1.807) is 44.8 Å². The van der Waals surface area contributed by atoms with E-state index in [-0.39, 0.29) is 36.4 Å². The molecule has 10 aromatic carbocycles. The number of nitrogens with zero attached hydrogens (tertiary/aromatic N) is 19. The van der Waals surface area contributed by atoms with E-state index in [2.05, 4.69) is 154 Å². The lowest BCUT2D eigenvalue weighted by Crippen LogP contribution is -2.31. The van der Waals surface area contributed by atoms with Gasteiger partial charge in [-0.2, -0.15) is 15.3 Å². The van der Waals surface area contributed by atoms with Gasteiger partial charge in [0.05, 0.1) is 105 Å². The van der Waals surface area contributed by atoms with Crippen LogP contribution in [0.4, 0.5) is 39.8 Å². The molecule has 0 saturated carbocycles. The Morgan fingerprint density at radius 1 is 0.369 bits per heavy atom. The average Bonchev–Trinajstić information content (AvgIpc) is 1.59. The van der Waals surface area contributed by atoms with Crippen molar-refractivity contribution in [2.24, 2.45) is 42.2 Å². The maximum Gasteiger partial charge on any atom is 0.257 e. The number of para-hydroxylation sites is 10. The average molecular weight is 1730 g/mol. The van der Waals surface area contributed by atoms with Crippen LogP contribution in [-0.4, -0.2) is 149 Å². The minimum absolute atomic E-state index is 0.176. The Balaban J connectivity index is 0.0000000984. The largest absolute Gasteiger partial charge is 0.497 e. The van der Waals surface area contributed by atoms with Crippen molar-refractivity contribution in [3.05, 3.63) is 301 Å². The second-order valence-corrected chi connectivity index (χ2v) is 31.2. The van der Waals surface area contributed by atoms with Gasteiger partial charge in [-0.1, -0.05) is 96.6 Å². The number of methoxy groups -OCH3 is 2. The van der Waals surface area contributed by atoms with Gasteiger partial charge in [-0.15, -0.1) is 0 Å². The number of aliphatic imine (C=N–C) groups is 5. The first-order valence-electron chi connectivity index (χ1n) is 41.4. The van der Waals surface area contributed by atoms with Gasteiger partial charge in [-0.05, 0) is 148 Å². The number of fused-ring (bicyclic) bond motifs is 17. The number of halogens is 1. The Hall–Kier alpha value is -18.0. The van der Waals surface area contributed by atoms with E-state index < -0.39 is 6.17 Å². The fourth-order valence-corrected chi connectivity index (χ4v) is 17.2. The summed E-state index contributed by atoms with van der Waals surface area (Å²) < 4.78 is 35.5. The molecule has 20 aromatic rings. The van der Waals surface area contributed by atoms with E-state index in [0.29, 0.717) is 35.5 Å². The normalized spacial score (nSPS) is 16.2. The first kappa shape index (κ1) is 79.2. The molecule has 642 valence electrons. The number of aryl methyl sites for hydroxylation is 1. The van der Waals surface area contributed by atoms with Crippen molar-refractivity contribution in [3.8, 4) is 45.3 Å². The molecule has 5 unspecified atom stereocenters. The van der Waals surface area contributed by atoms with Crippen LogP contribution in [0.2, 0.25) is 0 Å². The number of benzene rings is 10. The molecule has 10 aromatic heterocycles. The number of imidazole rings is 5. The number of aromatic nitrogens is 18. The highest BCUT2D eigenvalue weighted by atomic mass is 19.1. The number of rotatable bonds is 11. The first-order chi connectivity index (χ1) is 63.5. The molecule has 0 radical (unpaired) electrons. The molecule has 15 heterocycles. The number of aromatic amines is 5. The second kappa shape index (κ2) is 32.6. The lowest BCUT2D eigenvalue weighted by molar-refractivity contribution is -0.706. The Labute approximate surface area is 737 Å². The highest BCUT2D eigenvalue weighted by Gasteiger charge is 2.35. The topological polar surface area (TPSA) is 448 Å². The molecule has 36 heteroatoms. The molecule has 5 atom stereocenters. The molecule has 130 heavy (non-hydrogen) atoms. The fraction of sp³-hybridized carbons (Fsp3) is 0.106. The van der Waals surface area contributed by atoms with Crippen LogP contribution < -0.4 is 53.3 Å². The van der Waals surface area contributed by atoms with Crippen LogP contribution in [0.5, 0.6) is 11.5 Å². The van der Waals surface area contributed by atoms with Crippen LogP contribution >= 0.6 is 0 Å². The van der Waals surface area contributed by atoms with E-state index in [4.69, 9.17) is 41.6 Å². The van der Waals surface area contributed by atoms with Crippen molar-refractivity contribution in [2.45, 2.75) is 51.6 Å².